The van der Waals surface area contributed by atoms with Crippen molar-refractivity contribution >= 4 is 5.78 Å². The third-order valence-corrected chi connectivity index (χ3v) is 7.10. The van der Waals surface area contributed by atoms with E-state index in [1.807, 2.05) is 54.6 Å². The average molecular weight is 501 g/mol. The zero-order valence-corrected chi connectivity index (χ0v) is 21.3. The van der Waals surface area contributed by atoms with Crippen LogP contribution in [-0.4, -0.2) is 50.7 Å². The van der Waals surface area contributed by atoms with E-state index in [2.05, 4.69) is 27.1 Å². The van der Waals surface area contributed by atoms with Gasteiger partial charge in [-0.3, -0.25) is 4.79 Å². The molecule has 8 nitrogen and oxygen atoms in total. The molecule has 0 saturated carbocycles. The highest BCUT2D eigenvalue weighted by Crippen LogP contribution is 2.33. The molecule has 192 valence electrons. The molecule has 1 saturated heterocycles. The van der Waals surface area contributed by atoms with Crippen LogP contribution < -0.4 is 0 Å². The minimum atomic E-state index is -0.605. The number of piperidine rings is 1. The van der Waals surface area contributed by atoms with Gasteiger partial charge in [0.1, 0.15) is 5.78 Å². The minimum absolute atomic E-state index is 0.160. The summed E-state index contributed by atoms with van der Waals surface area (Å²) in [4.78, 5) is 18.4. The number of nitrogens with zero attached hydrogens (tertiary/aromatic N) is 4. The second kappa shape index (κ2) is 11.2. The summed E-state index contributed by atoms with van der Waals surface area (Å²) in [6, 6.07) is 17.5. The fourth-order valence-electron chi connectivity index (χ4n) is 4.94. The van der Waals surface area contributed by atoms with Crippen LogP contribution in [0.15, 0.2) is 63.6 Å². The van der Waals surface area contributed by atoms with Gasteiger partial charge < -0.3 is 19.1 Å². The van der Waals surface area contributed by atoms with Gasteiger partial charge in [-0.15, -0.1) is 0 Å². The summed E-state index contributed by atoms with van der Waals surface area (Å²) in [6.45, 7) is 5.99. The number of aromatic nitrogens is 3. The number of aliphatic hydroxyl groups is 1. The molecule has 0 bridgehead atoms. The van der Waals surface area contributed by atoms with E-state index in [1.54, 1.807) is 6.92 Å². The molecule has 1 aliphatic heterocycles. The Bertz CT molecular complexity index is 1320. The summed E-state index contributed by atoms with van der Waals surface area (Å²) in [5.74, 6) is 1.92. The van der Waals surface area contributed by atoms with Crippen LogP contribution in [0, 0.1) is 5.92 Å². The lowest BCUT2D eigenvalue weighted by molar-refractivity contribution is -0.122. The highest BCUT2D eigenvalue weighted by molar-refractivity contribution is 5.78. The molecular formula is C29H32N4O4. The third-order valence-electron chi connectivity index (χ3n) is 7.10. The number of rotatable bonds is 9. The van der Waals surface area contributed by atoms with E-state index in [9.17, 15) is 9.90 Å². The van der Waals surface area contributed by atoms with Gasteiger partial charge in [-0.1, -0.05) is 78.3 Å². The second-order valence-corrected chi connectivity index (χ2v) is 9.70. The standard InChI is InChI=1S/C29H32N4O4/c1-3-7-24-26(31-36-27(24)22-8-5-4-6-9-22)29-30-28(32-37-29)23-12-10-21(11-13-23)25(35)18-33-16-14-20(15-17-33)19(2)34/h4-6,8-13,20,25,35H,3,7,14-18H2,1-2H3. The number of ketones is 1. The first-order valence-electron chi connectivity index (χ1n) is 12.9. The van der Waals surface area contributed by atoms with Gasteiger partial charge in [0.2, 0.25) is 5.82 Å². The number of carbonyl (C=O) groups is 1. The largest absolute Gasteiger partial charge is 0.387 e. The summed E-state index contributed by atoms with van der Waals surface area (Å²) >= 11 is 0. The highest BCUT2D eigenvalue weighted by atomic mass is 16.5. The molecule has 8 heteroatoms. The second-order valence-electron chi connectivity index (χ2n) is 9.70. The van der Waals surface area contributed by atoms with E-state index >= 15 is 0 Å². The molecule has 0 radical (unpaired) electrons. The Balaban J connectivity index is 1.28. The molecule has 2 aromatic carbocycles. The molecule has 1 N–H and O–H groups in total. The molecule has 4 aromatic rings. The summed E-state index contributed by atoms with van der Waals surface area (Å²) in [5.41, 5.74) is 4.10. The molecule has 1 unspecified atom stereocenters. The number of hydrogen-bond donors (Lipinski definition) is 1. The van der Waals surface area contributed by atoms with E-state index in [4.69, 9.17) is 9.05 Å². The van der Waals surface area contributed by atoms with Crippen molar-refractivity contribution in [2.45, 2.75) is 45.6 Å². The Labute approximate surface area is 216 Å². The smallest absolute Gasteiger partial charge is 0.280 e. The molecule has 5 rings (SSSR count). The lowest BCUT2D eigenvalue weighted by Gasteiger charge is -2.32. The molecule has 0 spiro atoms. The lowest BCUT2D eigenvalue weighted by atomic mass is 9.93. The van der Waals surface area contributed by atoms with Gasteiger partial charge in [-0.25, -0.2) is 0 Å². The predicted molar refractivity (Wildman–Crippen MR) is 139 cm³/mol. The molecule has 1 atom stereocenters. The van der Waals surface area contributed by atoms with Crippen molar-refractivity contribution in [3.05, 3.63) is 65.7 Å². The summed E-state index contributed by atoms with van der Waals surface area (Å²) < 4.78 is 11.3. The Kier molecular flexibility index (Phi) is 7.58. The van der Waals surface area contributed by atoms with Gasteiger partial charge in [0.15, 0.2) is 11.5 Å². The predicted octanol–water partition coefficient (Wildman–Crippen LogP) is 5.35. The molecule has 3 heterocycles. The van der Waals surface area contributed by atoms with Gasteiger partial charge in [0, 0.05) is 29.2 Å². The van der Waals surface area contributed by atoms with E-state index in [1.165, 1.54) is 0 Å². The van der Waals surface area contributed by atoms with Crippen LogP contribution in [0.25, 0.3) is 34.3 Å². The van der Waals surface area contributed by atoms with Crippen molar-refractivity contribution in [1.82, 2.24) is 20.2 Å². The Hall–Kier alpha value is -3.62. The molecule has 2 aromatic heterocycles. The number of carbonyl (C=O) groups excluding carboxylic acids is 1. The number of aliphatic hydroxyl groups excluding tert-OH is 1. The zero-order chi connectivity index (χ0) is 25.8. The fraction of sp³-hybridized carbons (Fsp3) is 0.379. The summed E-state index contributed by atoms with van der Waals surface area (Å²) in [5, 5.41) is 19.2. The van der Waals surface area contributed by atoms with Crippen molar-refractivity contribution in [2.75, 3.05) is 19.6 Å². The zero-order valence-electron chi connectivity index (χ0n) is 21.3. The van der Waals surface area contributed by atoms with Gasteiger partial charge in [0.25, 0.3) is 5.89 Å². The number of Topliss-reactive ketones (excluding diaryl/α,β-unsaturated/α-hetero) is 1. The van der Waals surface area contributed by atoms with Crippen molar-refractivity contribution in [3.63, 3.8) is 0 Å². The Morgan fingerprint density at radius 2 is 1.76 bits per heavy atom. The number of β-amino-alcohol motifs (C(OH)–C–C–N with tert-alkyl or cyclic N) is 1. The van der Waals surface area contributed by atoms with Crippen LogP contribution in [0.5, 0.6) is 0 Å². The maximum absolute atomic E-state index is 11.6. The SMILES string of the molecule is CCCc1c(-c2nc(-c3ccc(C(O)CN4CCC(C(C)=O)CC4)cc3)no2)noc1-c1ccccc1. The van der Waals surface area contributed by atoms with E-state index < -0.39 is 6.10 Å². The first-order chi connectivity index (χ1) is 18.0. The van der Waals surface area contributed by atoms with Gasteiger partial charge in [0.05, 0.1) is 6.10 Å². The van der Waals surface area contributed by atoms with Crippen LogP contribution in [0.1, 0.15) is 50.3 Å². The number of likely N-dealkylation sites (tertiary alicyclic amines) is 1. The fourth-order valence-corrected chi connectivity index (χ4v) is 4.94. The minimum Gasteiger partial charge on any atom is -0.387 e. The van der Waals surface area contributed by atoms with Crippen molar-refractivity contribution in [2.24, 2.45) is 5.92 Å². The molecular weight excluding hydrogens is 468 g/mol. The van der Waals surface area contributed by atoms with Crippen LogP contribution in [0.4, 0.5) is 0 Å². The first-order valence-corrected chi connectivity index (χ1v) is 12.9. The molecule has 1 aliphatic rings. The normalized spacial score (nSPS) is 15.6. The monoisotopic (exact) mass is 500 g/mol. The van der Waals surface area contributed by atoms with Gasteiger partial charge in [-0.2, -0.15) is 4.98 Å². The van der Waals surface area contributed by atoms with Crippen LogP contribution >= 0.6 is 0 Å². The quantitative estimate of drug-likeness (QED) is 0.328. The Morgan fingerprint density at radius 1 is 1.03 bits per heavy atom. The van der Waals surface area contributed by atoms with E-state index in [0.29, 0.717) is 24.0 Å². The maximum atomic E-state index is 11.6. The van der Waals surface area contributed by atoms with Crippen LogP contribution in [0.2, 0.25) is 0 Å². The van der Waals surface area contributed by atoms with Crippen molar-refractivity contribution < 1.29 is 18.9 Å². The molecule has 1 fully saturated rings. The van der Waals surface area contributed by atoms with Crippen LogP contribution in [0.3, 0.4) is 0 Å². The maximum Gasteiger partial charge on any atom is 0.280 e. The topological polar surface area (TPSA) is 105 Å². The molecule has 37 heavy (non-hydrogen) atoms. The summed E-state index contributed by atoms with van der Waals surface area (Å²) in [6.07, 6.45) is 2.82. The average Bonchev–Trinajstić information content (AvgIpc) is 3.57. The third kappa shape index (κ3) is 5.55. The van der Waals surface area contributed by atoms with Gasteiger partial charge >= 0.3 is 0 Å². The number of benzene rings is 2. The highest BCUT2D eigenvalue weighted by Gasteiger charge is 2.25. The first kappa shape index (κ1) is 25.0. The Morgan fingerprint density at radius 3 is 2.43 bits per heavy atom. The van der Waals surface area contributed by atoms with Crippen LogP contribution in [-0.2, 0) is 11.2 Å². The van der Waals surface area contributed by atoms with E-state index in [-0.39, 0.29) is 11.7 Å². The van der Waals surface area contributed by atoms with E-state index in [0.717, 1.165) is 66.8 Å². The number of hydrogen-bond acceptors (Lipinski definition) is 8. The molecule has 0 amide bonds. The van der Waals surface area contributed by atoms with Crippen molar-refractivity contribution in [1.29, 1.82) is 0 Å². The molecule has 0 aliphatic carbocycles. The summed E-state index contributed by atoms with van der Waals surface area (Å²) in [7, 11) is 0. The van der Waals surface area contributed by atoms with Crippen molar-refractivity contribution in [3.8, 4) is 34.3 Å². The lowest BCUT2D eigenvalue weighted by Crippen LogP contribution is -2.38. The van der Waals surface area contributed by atoms with Gasteiger partial charge in [-0.05, 0) is 44.8 Å².